The topological polar surface area (TPSA) is 96.9 Å². The third-order valence-electron chi connectivity index (χ3n) is 1.82. The second-order valence-corrected chi connectivity index (χ2v) is 2.93. The van der Waals surface area contributed by atoms with E-state index in [9.17, 15) is 9.18 Å². The van der Waals surface area contributed by atoms with Gasteiger partial charge in [0.1, 0.15) is 23.5 Å². The Balaban J connectivity index is 3.00. The quantitative estimate of drug-likeness (QED) is 0.774. The standard InChI is InChI=1S/C11H6FN3O2/c12-10-2-1-8(3-9(10)11(16)17)15-6-7(4-13)5-14/h1-3,6,15H,(H,16,17). The highest BCUT2D eigenvalue weighted by Gasteiger charge is 2.10. The molecule has 17 heavy (non-hydrogen) atoms. The molecule has 1 rings (SSSR count). The molecule has 0 bridgehead atoms. The fraction of sp³-hybridized carbons (Fsp3) is 0. The number of nitrogens with one attached hydrogen (secondary N) is 1. The first kappa shape index (κ1) is 12.2. The first-order valence-electron chi connectivity index (χ1n) is 4.38. The molecule has 0 heterocycles. The minimum Gasteiger partial charge on any atom is -0.478 e. The van der Waals surface area contributed by atoms with Crippen molar-refractivity contribution in [1.29, 1.82) is 10.5 Å². The van der Waals surface area contributed by atoms with Crippen molar-refractivity contribution < 1.29 is 14.3 Å². The number of carboxylic acid groups (broad SMARTS) is 1. The Morgan fingerprint density at radius 3 is 2.59 bits per heavy atom. The molecule has 0 radical (unpaired) electrons. The fourth-order valence-electron chi connectivity index (χ4n) is 1.02. The minimum atomic E-state index is -1.39. The Kier molecular flexibility index (Phi) is 3.80. The summed E-state index contributed by atoms with van der Waals surface area (Å²) in [5.74, 6) is -2.25. The molecule has 0 unspecified atom stereocenters. The van der Waals surface area contributed by atoms with Gasteiger partial charge >= 0.3 is 5.97 Å². The molecule has 0 aliphatic heterocycles. The Labute approximate surface area is 96.0 Å². The lowest BCUT2D eigenvalue weighted by Gasteiger charge is -2.03. The second kappa shape index (κ2) is 5.29. The molecule has 1 aromatic rings. The maximum absolute atomic E-state index is 13.0. The van der Waals surface area contributed by atoms with Crippen LogP contribution in [0.3, 0.4) is 0 Å². The maximum atomic E-state index is 13.0. The van der Waals surface area contributed by atoms with E-state index in [2.05, 4.69) is 5.32 Å². The molecule has 0 amide bonds. The van der Waals surface area contributed by atoms with E-state index in [1.54, 1.807) is 12.1 Å². The first-order chi connectivity index (χ1) is 8.08. The summed E-state index contributed by atoms with van der Waals surface area (Å²) in [5.41, 5.74) is -0.392. The van der Waals surface area contributed by atoms with Crippen LogP contribution in [0.15, 0.2) is 30.0 Å². The van der Waals surface area contributed by atoms with Gasteiger partial charge < -0.3 is 10.4 Å². The Morgan fingerprint density at radius 2 is 2.06 bits per heavy atom. The summed E-state index contributed by atoms with van der Waals surface area (Å²) in [6.07, 6.45) is 1.11. The van der Waals surface area contributed by atoms with Crippen molar-refractivity contribution in [2.45, 2.75) is 0 Å². The van der Waals surface area contributed by atoms with E-state index < -0.39 is 17.3 Å². The zero-order valence-electron chi connectivity index (χ0n) is 8.44. The highest BCUT2D eigenvalue weighted by Crippen LogP contribution is 2.15. The highest BCUT2D eigenvalue weighted by molar-refractivity contribution is 5.89. The minimum absolute atomic E-state index is 0.175. The van der Waals surface area contributed by atoms with Gasteiger partial charge in [-0.3, -0.25) is 0 Å². The number of halogens is 1. The zero-order chi connectivity index (χ0) is 12.8. The summed E-state index contributed by atoms with van der Waals surface area (Å²) >= 11 is 0. The van der Waals surface area contributed by atoms with Gasteiger partial charge in [-0.25, -0.2) is 9.18 Å². The lowest BCUT2D eigenvalue weighted by Crippen LogP contribution is -2.01. The van der Waals surface area contributed by atoms with E-state index >= 15 is 0 Å². The summed E-state index contributed by atoms with van der Waals surface area (Å²) in [4.78, 5) is 10.6. The van der Waals surface area contributed by atoms with E-state index in [-0.39, 0.29) is 11.3 Å². The van der Waals surface area contributed by atoms with Gasteiger partial charge in [0.25, 0.3) is 0 Å². The van der Waals surface area contributed by atoms with Crippen LogP contribution in [0.4, 0.5) is 10.1 Å². The van der Waals surface area contributed by atoms with E-state index in [0.29, 0.717) is 0 Å². The molecule has 0 saturated heterocycles. The summed E-state index contributed by atoms with van der Waals surface area (Å²) in [5, 5.41) is 28.1. The van der Waals surface area contributed by atoms with Crippen molar-refractivity contribution in [3.8, 4) is 12.1 Å². The number of nitrogens with zero attached hydrogens (tertiary/aromatic N) is 2. The van der Waals surface area contributed by atoms with Crippen LogP contribution in [0.1, 0.15) is 10.4 Å². The molecule has 1 aromatic carbocycles. The van der Waals surface area contributed by atoms with Crippen LogP contribution in [0.25, 0.3) is 0 Å². The predicted octanol–water partition coefficient (Wildman–Crippen LogP) is 1.87. The zero-order valence-corrected chi connectivity index (χ0v) is 8.44. The molecule has 0 fully saturated rings. The van der Waals surface area contributed by atoms with Crippen molar-refractivity contribution >= 4 is 11.7 Å². The summed E-state index contributed by atoms with van der Waals surface area (Å²) in [7, 11) is 0. The normalized spacial score (nSPS) is 8.65. The molecule has 0 aliphatic carbocycles. The predicted molar refractivity (Wildman–Crippen MR) is 56.3 cm³/mol. The highest BCUT2D eigenvalue weighted by atomic mass is 19.1. The van der Waals surface area contributed by atoms with Crippen LogP contribution in [0.2, 0.25) is 0 Å². The largest absolute Gasteiger partial charge is 0.478 e. The number of benzene rings is 1. The van der Waals surface area contributed by atoms with Gasteiger partial charge in [-0.05, 0) is 18.2 Å². The molecule has 0 saturated carbocycles. The van der Waals surface area contributed by atoms with Crippen LogP contribution in [-0.4, -0.2) is 11.1 Å². The number of nitriles is 2. The van der Waals surface area contributed by atoms with Crippen molar-refractivity contribution in [2.24, 2.45) is 0 Å². The van der Waals surface area contributed by atoms with Crippen LogP contribution < -0.4 is 5.32 Å². The van der Waals surface area contributed by atoms with E-state index in [0.717, 1.165) is 18.3 Å². The summed E-state index contributed by atoms with van der Waals surface area (Å²) in [6, 6.07) is 6.59. The number of aromatic carboxylic acids is 1. The average molecular weight is 231 g/mol. The molecule has 2 N–H and O–H groups in total. The number of allylic oxidation sites excluding steroid dienone is 1. The number of carbonyl (C=O) groups is 1. The molecule has 0 aromatic heterocycles. The first-order valence-corrected chi connectivity index (χ1v) is 4.38. The van der Waals surface area contributed by atoms with Crippen LogP contribution >= 0.6 is 0 Å². The molecule has 6 heteroatoms. The van der Waals surface area contributed by atoms with Gasteiger partial charge in [-0.1, -0.05) is 0 Å². The van der Waals surface area contributed by atoms with Gasteiger partial charge in [0.05, 0.1) is 5.56 Å². The van der Waals surface area contributed by atoms with Crippen molar-refractivity contribution in [3.63, 3.8) is 0 Å². The lowest BCUT2D eigenvalue weighted by atomic mass is 10.2. The van der Waals surface area contributed by atoms with Gasteiger partial charge in [-0.2, -0.15) is 10.5 Å². The lowest BCUT2D eigenvalue weighted by molar-refractivity contribution is 0.0692. The fourth-order valence-corrected chi connectivity index (χ4v) is 1.02. The molecular formula is C11H6FN3O2. The molecule has 0 atom stereocenters. The molecular weight excluding hydrogens is 225 g/mol. The monoisotopic (exact) mass is 231 g/mol. The van der Waals surface area contributed by atoms with Gasteiger partial charge in [0.15, 0.2) is 0 Å². The molecule has 5 nitrogen and oxygen atoms in total. The van der Waals surface area contributed by atoms with Crippen LogP contribution in [0.5, 0.6) is 0 Å². The number of carboxylic acids is 1. The van der Waals surface area contributed by atoms with Crippen LogP contribution in [-0.2, 0) is 0 Å². The van der Waals surface area contributed by atoms with Gasteiger partial charge in [0, 0.05) is 11.9 Å². The molecule has 84 valence electrons. The second-order valence-electron chi connectivity index (χ2n) is 2.93. The van der Waals surface area contributed by atoms with Crippen molar-refractivity contribution in [2.75, 3.05) is 5.32 Å². The van der Waals surface area contributed by atoms with E-state index in [1.807, 2.05) is 0 Å². The van der Waals surface area contributed by atoms with Gasteiger partial charge in [-0.15, -0.1) is 0 Å². The average Bonchev–Trinajstić information content (AvgIpc) is 2.32. The summed E-state index contributed by atoms with van der Waals surface area (Å²) in [6.45, 7) is 0. The third kappa shape index (κ3) is 3.05. The van der Waals surface area contributed by atoms with Gasteiger partial charge in [0.2, 0.25) is 0 Å². The summed E-state index contributed by atoms with van der Waals surface area (Å²) < 4.78 is 13.0. The molecule has 0 spiro atoms. The van der Waals surface area contributed by atoms with Crippen molar-refractivity contribution in [1.82, 2.24) is 0 Å². The number of hydrogen-bond donors (Lipinski definition) is 2. The maximum Gasteiger partial charge on any atom is 0.338 e. The third-order valence-corrected chi connectivity index (χ3v) is 1.82. The van der Waals surface area contributed by atoms with Crippen LogP contribution in [0, 0.1) is 28.5 Å². The smallest absolute Gasteiger partial charge is 0.338 e. The van der Waals surface area contributed by atoms with E-state index in [1.165, 1.54) is 6.07 Å². The molecule has 0 aliphatic rings. The number of rotatable bonds is 3. The number of hydrogen-bond acceptors (Lipinski definition) is 4. The SMILES string of the molecule is N#CC(C#N)=CNc1ccc(F)c(C(=O)O)c1. The van der Waals surface area contributed by atoms with E-state index in [4.69, 9.17) is 15.6 Å². The number of anilines is 1. The Morgan fingerprint density at radius 1 is 1.41 bits per heavy atom. The Hall–Kier alpha value is -2.86. The Bertz CT molecular complexity index is 551. The van der Waals surface area contributed by atoms with Crippen molar-refractivity contribution in [3.05, 3.63) is 41.4 Å².